The minimum absolute atomic E-state index is 0.00893. The van der Waals surface area contributed by atoms with Gasteiger partial charge in [-0.2, -0.15) is 4.99 Å². The van der Waals surface area contributed by atoms with Crippen molar-refractivity contribution in [2.24, 2.45) is 4.99 Å². The van der Waals surface area contributed by atoms with Gasteiger partial charge in [0.25, 0.3) is 5.91 Å². The number of carbonyl (C=O) groups is 1. The van der Waals surface area contributed by atoms with Gasteiger partial charge >= 0.3 is 0 Å². The number of fused-ring (bicyclic) bond motifs is 1. The van der Waals surface area contributed by atoms with Gasteiger partial charge < -0.3 is 9.64 Å². The molecular formula is C14H14Cl2N2O4S2. The second-order valence-corrected chi connectivity index (χ2v) is 9.69. The van der Waals surface area contributed by atoms with E-state index in [0.29, 0.717) is 20.9 Å². The van der Waals surface area contributed by atoms with Gasteiger partial charge in [-0.05, 0) is 18.2 Å². The Balaban J connectivity index is 2.04. The molecule has 1 amide bonds. The maximum Gasteiger partial charge on any atom is 0.274 e. The normalized spacial score (nSPS) is 26.8. The van der Waals surface area contributed by atoms with E-state index in [-0.39, 0.29) is 29.4 Å². The zero-order valence-electron chi connectivity index (χ0n) is 12.6. The van der Waals surface area contributed by atoms with E-state index in [9.17, 15) is 13.2 Å². The van der Waals surface area contributed by atoms with Gasteiger partial charge in [0, 0.05) is 17.4 Å². The third kappa shape index (κ3) is 3.57. The summed E-state index contributed by atoms with van der Waals surface area (Å²) in [6, 6.07) is 4.60. The lowest BCUT2D eigenvalue weighted by Gasteiger charge is -2.25. The number of amides is 1. The summed E-state index contributed by atoms with van der Waals surface area (Å²) in [6.07, 6.45) is 0. The van der Waals surface area contributed by atoms with Gasteiger partial charge in [0.1, 0.15) is 6.61 Å². The molecular weight excluding hydrogens is 395 g/mol. The van der Waals surface area contributed by atoms with E-state index in [4.69, 9.17) is 27.9 Å². The number of halogens is 2. The number of hydrogen-bond acceptors (Lipinski definition) is 5. The molecule has 0 spiro atoms. The zero-order chi connectivity index (χ0) is 17.5. The van der Waals surface area contributed by atoms with Crippen molar-refractivity contribution in [3.63, 3.8) is 0 Å². The number of nitrogens with zero attached hydrogens (tertiary/aromatic N) is 2. The molecule has 1 aromatic carbocycles. The second-order valence-electron chi connectivity index (χ2n) is 5.49. The minimum Gasteiger partial charge on any atom is -0.375 e. The number of ether oxygens (including phenoxy) is 1. The van der Waals surface area contributed by atoms with Crippen molar-refractivity contribution in [2.75, 3.05) is 30.1 Å². The van der Waals surface area contributed by atoms with Crippen LogP contribution in [0.4, 0.5) is 5.69 Å². The van der Waals surface area contributed by atoms with Crippen molar-refractivity contribution in [1.82, 2.24) is 0 Å². The van der Waals surface area contributed by atoms with Crippen molar-refractivity contribution < 1.29 is 17.9 Å². The average molecular weight is 409 g/mol. The van der Waals surface area contributed by atoms with Crippen LogP contribution < -0.4 is 4.90 Å². The molecule has 130 valence electrons. The van der Waals surface area contributed by atoms with Gasteiger partial charge in [0.05, 0.1) is 28.3 Å². The summed E-state index contributed by atoms with van der Waals surface area (Å²) in [4.78, 5) is 17.6. The molecule has 2 saturated heterocycles. The van der Waals surface area contributed by atoms with Gasteiger partial charge in [-0.1, -0.05) is 35.0 Å². The molecule has 2 atom stereocenters. The van der Waals surface area contributed by atoms with Gasteiger partial charge in [0.15, 0.2) is 15.0 Å². The van der Waals surface area contributed by atoms with Crippen molar-refractivity contribution in [3.8, 4) is 0 Å². The second kappa shape index (κ2) is 6.84. The smallest absolute Gasteiger partial charge is 0.274 e. The molecule has 10 heteroatoms. The fraction of sp³-hybridized carbons (Fsp3) is 0.429. The van der Waals surface area contributed by atoms with E-state index in [1.165, 1.54) is 18.9 Å². The summed E-state index contributed by atoms with van der Waals surface area (Å²) < 4.78 is 28.8. The number of thioether (sulfide) groups is 1. The molecule has 6 nitrogen and oxygen atoms in total. The van der Waals surface area contributed by atoms with E-state index < -0.39 is 15.7 Å². The van der Waals surface area contributed by atoms with Crippen LogP contribution in [0.1, 0.15) is 0 Å². The van der Waals surface area contributed by atoms with Crippen LogP contribution in [0.5, 0.6) is 0 Å². The fourth-order valence-electron chi connectivity index (χ4n) is 2.78. The molecule has 0 aromatic heterocycles. The molecule has 24 heavy (non-hydrogen) atoms. The highest BCUT2D eigenvalue weighted by Gasteiger charge is 2.49. The SMILES string of the molecule is COCC(=O)N=C1S[C@@H]2CS(=O)(=O)C[C@H]2N1c1cc(Cl)ccc1Cl. The Bertz CT molecular complexity index is 813. The lowest BCUT2D eigenvalue weighted by atomic mass is 10.2. The molecule has 1 aromatic rings. The van der Waals surface area contributed by atoms with Crippen LogP contribution in [0, 0.1) is 0 Å². The summed E-state index contributed by atoms with van der Waals surface area (Å²) in [7, 11) is -1.73. The van der Waals surface area contributed by atoms with Crippen LogP contribution in [0.15, 0.2) is 23.2 Å². The highest BCUT2D eigenvalue weighted by molar-refractivity contribution is 8.16. The molecule has 2 aliphatic rings. The molecule has 2 heterocycles. The summed E-state index contributed by atoms with van der Waals surface area (Å²) >= 11 is 13.6. The first-order valence-electron chi connectivity index (χ1n) is 7.02. The largest absolute Gasteiger partial charge is 0.375 e. The van der Waals surface area contributed by atoms with Gasteiger partial charge in [-0.25, -0.2) is 8.42 Å². The average Bonchev–Trinajstić information content (AvgIpc) is 2.93. The summed E-state index contributed by atoms with van der Waals surface area (Å²) in [6.45, 7) is -0.144. The van der Waals surface area contributed by atoms with Gasteiger partial charge in [-0.3, -0.25) is 4.79 Å². The Morgan fingerprint density at radius 1 is 1.42 bits per heavy atom. The van der Waals surface area contributed by atoms with Crippen LogP contribution in [0.3, 0.4) is 0 Å². The molecule has 2 aliphatic heterocycles. The van der Waals surface area contributed by atoms with Crippen molar-refractivity contribution in [1.29, 1.82) is 0 Å². The Hall–Kier alpha value is -0.800. The summed E-state index contributed by atoms with van der Waals surface area (Å²) in [5.74, 6) is -0.398. The highest BCUT2D eigenvalue weighted by Crippen LogP contribution is 2.43. The molecule has 0 N–H and O–H groups in total. The molecule has 0 saturated carbocycles. The number of benzene rings is 1. The Morgan fingerprint density at radius 2 is 2.17 bits per heavy atom. The Morgan fingerprint density at radius 3 is 2.88 bits per heavy atom. The van der Waals surface area contributed by atoms with E-state index in [2.05, 4.69) is 4.99 Å². The lowest BCUT2D eigenvalue weighted by molar-refractivity contribution is -0.121. The van der Waals surface area contributed by atoms with Crippen LogP contribution in [-0.4, -0.2) is 56.0 Å². The standard InChI is InChI=1S/C14H14Cl2N2O4S2/c1-22-5-13(19)17-14-18(10-4-8(15)2-3-9(10)16)11-6-24(20,21)7-12(11)23-14/h2-4,11-12H,5-7H2,1H3/t11-,12-/m1/s1. The molecule has 0 radical (unpaired) electrons. The van der Waals surface area contributed by atoms with E-state index in [1.807, 2.05) is 0 Å². The predicted molar refractivity (Wildman–Crippen MR) is 97.1 cm³/mol. The van der Waals surface area contributed by atoms with Crippen LogP contribution >= 0.6 is 35.0 Å². The maximum atomic E-state index is 12.0. The van der Waals surface area contributed by atoms with Crippen molar-refractivity contribution in [2.45, 2.75) is 11.3 Å². The van der Waals surface area contributed by atoms with E-state index in [1.54, 1.807) is 23.1 Å². The van der Waals surface area contributed by atoms with Crippen molar-refractivity contribution >= 4 is 61.6 Å². The maximum absolute atomic E-state index is 12.0. The van der Waals surface area contributed by atoms with Crippen molar-refractivity contribution in [3.05, 3.63) is 28.2 Å². The lowest BCUT2D eigenvalue weighted by Crippen LogP contribution is -2.38. The first-order chi connectivity index (χ1) is 11.3. The van der Waals surface area contributed by atoms with E-state index >= 15 is 0 Å². The number of carbonyl (C=O) groups excluding carboxylic acids is 1. The highest BCUT2D eigenvalue weighted by atomic mass is 35.5. The third-order valence-corrected chi connectivity index (χ3v) is 7.49. The number of methoxy groups -OCH3 is 1. The van der Waals surface area contributed by atoms with Crippen LogP contribution in [0.2, 0.25) is 10.0 Å². The van der Waals surface area contributed by atoms with Gasteiger partial charge in [-0.15, -0.1) is 0 Å². The topological polar surface area (TPSA) is 76.0 Å². The minimum atomic E-state index is -3.13. The third-order valence-electron chi connectivity index (χ3n) is 3.72. The summed E-state index contributed by atoms with van der Waals surface area (Å²) in [5, 5.41) is 1.10. The Labute approximate surface area is 154 Å². The van der Waals surface area contributed by atoms with Gasteiger partial charge in [0.2, 0.25) is 0 Å². The van der Waals surface area contributed by atoms with E-state index in [0.717, 1.165) is 0 Å². The number of anilines is 1. The number of amidine groups is 1. The zero-order valence-corrected chi connectivity index (χ0v) is 15.8. The number of rotatable bonds is 3. The first kappa shape index (κ1) is 18.0. The monoisotopic (exact) mass is 408 g/mol. The number of sulfone groups is 1. The Kier molecular flexibility index (Phi) is 5.13. The molecule has 0 bridgehead atoms. The van der Waals surface area contributed by atoms with Crippen LogP contribution in [-0.2, 0) is 19.4 Å². The van der Waals surface area contributed by atoms with Crippen LogP contribution in [0.25, 0.3) is 0 Å². The number of hydrogen-bond donors (Lipinski definition) is 0. The quantitative estimate of drug-likeness (QED) is 0.762. The predicted octanol–water partition coefficient (Wildman–Crippen LogP) is 2.24. The molecule has 3 rings (SSSR count). The molecule has 0 aliphatic carbocycles. The number of aliphatic imine (C=N–C) groups is 1. The summed E-state index contributed by atoms with van der Waals surface area (Å²) in [5.41, 5.74) is 0.547. The molecule has 0 unspecified atom stereocenters. The first-order valence-corrected chi connectivity index (χ1v) is 10.5. The molecule has 2 fully saturated rings. The fourth-order valence-corrected chi connectivity index (χ4v) is 7.08.